The van der Waals surface area contributed by atoms with Crippen LogP contribution in [0.4, 0.5) is 0 Å². The van der Waals surface area contributed by atoms with Crippen LogP contribution in [-0.2, 0) is 6.42 Å². The number of benzene rings is 2. The highest BCUT2D eigenvalue weighted by Crippen LogP contribution is 2.30. The lowest BCUT2D eigenvalue weighted by Gasteiger charge is -2.09. The number of aromatic nitrogens is 2. The Morgan fingerprint density at radius 1 is 1.00 bits per heavy atom. The Labute approximate surface area is 132 Å². The van der Waals surface area contributed by atoms with Crippen LogP contribution >= 0.6 is 0 Å². The molecule has 2 aromatic heterocycles. The van der Waals surface area contributed by atoms with Gasteiger partial charge in [0.15, 0.2) is 5.52 Å². The molecular weight excluding hydrogens is 288 g/mol. The van der Waals surface area contributed by atoms with Gasteiger partial charge in [-0.2, -0.15) is 0 Å². The molecule has 2 aromatic carbocycles. The molecule has 23 heavy (non-hydrogen) atoms. The van der Waals surface area contributed by atoms with Gasteiger partial charge in [0, 0.05) is 11.8 Å². The molecule has 4 nitrogen and oxygen atoms in total. The van der Waals surface area contributed by atoms with Crippen molar-refractivity contribution in [2.45, 2.75) is 13.3 Å². The molecule has 0 aliphatic rings. The summed E-state index contributed by atoms with van der Waals surface area (Å²) >= 11 is 0. The molecule has 0 bridgehead atoms. The third-order valence-corrected chi connectivity index (χ3v) is 4.02. The summed E-state index contributed by atoms with van der Waals surface area (Å²) in [5, 5.41) is 2.19. The van der Waals surface area contributed by atoms with Crippen molar-refractivity contribution in [3.05, 3.63) is 70.7 Å². The number of nitrogens with zero attached hydrogens (tertiary/aromatic N) is 2. The van der Waals surface area contributed by atoms with E-state index in [1.807, 2.05) is 24.3 Å². The van der Waals surface area contributed by atoms with Crippen LogP contribution in [0, 0.1) is 0 Å². The molecule has 0 spiro atoms. The second kappa shape index (κ2) is 5.32. The van der Waals surface area contributed by atoms with Gasteiger partial charge in [0.05, 0.1) is 0 Å². The van der Waals surface area contributed by atoms with Gasteiger partial charge in [0.2, 0.25) is 5.89 Å². The van der Waals surface area contributed by atoms with Gasteiger partial charge in [-0.15, -0.1) is 0 Å². The third kappa shape index (κ3) is 2.19. The Kier molecular flexibility index (Phi) is 3.15. The summed E-state index contributed by atoms with van der Waals surface area (Å²) in [6, 6.07) is 15.7. The average Bonchev–Trinajstić information content (AvgIpc) is 2.60. The highest BCUT2D eigenvalue weighted by Gasteiger charge is 2.13. The summed E-state index contributed by atoms with van der Waals surface area (Å²) in [5.41, 5.74) is 2.41. The fourth-order valence-electron chi connectivity index (χ4n) is 2.88. The van der Waals surface area contributed by atoms with Crippen molar-refractivity contribution < 1.29 is 4.42 Å². The van der Waals surface area contributed by atoms with Crippen molar-refractivity contribution in [2.24, 2.45) is 0 Å². The summed E-state index contributed by atoms with van der Waals surface area (Å²) in [6.07, 6.45) is 2.51. The molecule has 0 radical (unpaired) electrons. The molecule has 0 atom stereocenters. The van der Waals surface area contributed by atoms with E-state index in [4.69, 9.17) is 4.42 Å². The predicted octanol–water partition coefficient (Wildman–Crippen LogP) is 3.97. The monoisotopic (exact) mass is 302 g/mol. The normalized spacial score (nSPS) is 11.2. The smallest absolute Gasteiger partial charge is 0.365 e. The molecule has 0 amide bonds. The fourth-order valence-corrected chi connectivity index (χ4v) is 2.88. The molecule has 0 unspecified atom stereocenters. The second-order valence-electron chi connectivity index (χ2n) is 5.35. The van der Waals surface area contributed by atoms with E-state index in [1.165, 1.54) is 5.56 Å². The second-order valence-corrected chi connectivity index (χ2v) is 5.35. The molecule has 0 fully saturated rings. The summed E-state index contributed by atoms with van der Waals surface area (Å²) in [4.78, 5) is 20.7. The van der Waals surface area contributed by atoms with Crippen molar-refractivity contribution >= 4 is 21.8 Å². The Balaban J connectivity index is 2.05. The SMILES string of the molecule is CCc1ccc(-c2nc3cccnc3c(=O)o2)c2ccccc12. The van der Waals surface area contributed by atoms with Crippen LogP contribution in [0.2, 0.25) is 0 Å². The van der Waals surface area contributed by atoms with Gasteiger partial charge < -0.3 is 4.42 Å². The zero-order valence-electron chi connectivity index (χ0n) is 12.6. The first-order valence-corrected chi connectivity index (χ1v) is 7.55. The highest BCUT2D eigenvalue weighted by molar-refractivity contribution is 5.97. The maximum absolute atomic E-state index is 12.2. The molecule has 4 heteroatoms. The van der Waals surface area contributed by atoms with Gasteiger partial charge >= 0.3 is 5.63 Å². The summed E-state index contributed by atoms with van der Waals surface area (Å²) in [5.74, 6) is 0.328. The van der Waals surface area contributed by atoms with Crippen LogP contribution in [0.15, 0.2) is 63.9 Å². The van der Waals surface area contributed by atoms with E-state index in [1.54, 1.807) is 18.3 Å². The van der Waals surface area contributed by atoms with E-state index >= 15 is 0 Å². The number of hydrogen-bond acceptors (Lipinski definition) is 4. The summed E-state index contributed by atoms with van der Waals surface area (Å²) < 4.78 is 5.43. The van der Waals surface area contributed by atoms with Crippen LogP contribution < -0.4 is 5.63 Å². The quantitative estimate of drug-likeness (QED) is 0.562. The summed E-state index contributed by atoms with van der Waals surface area (Å²) in [7, 11) is 0. The van der Waals surface area contributed by atoms with E-state index in [0.29, 0.717) is 11.4 Å². The van der Waals surface area contributed by atoms with Crippen LogP contribution in [-0.4, -0.2) is 9.97 Å². The Hall–Kier alpha value is -3.01. The molecule has 0 aliphatic carbocycles. The maximum Gasteiger partial charge on any atom is 0.365 e. The lowest BCUT2D eigenvalue weighted by molar-refractivity contribution is 0.517. The fraction of sp³-hybridized carbons (Fsp3) is 0.105. The first kappa shape index (κ1) is 13.6. The average molecular weight is 302 g/mol. The van der Waals surface area contributed by atoms with Crippen molar-refractivity contribution in [3.8, 4) is 11.5 Å². The minimum atomic E-state index is -0.464. The Morgan fingerprint density at radius 2 is 1.83 bits per heavy atom. The largest absolute Gasteiger partial charge is 0.402 e. The molecule has 112 valence electrons. The molecule has 0 saturated carbocycles. The predicted molar refractivity (Wildman–Crippen MR) is 90.4 cm³/mol. The lowest BCUT2D eigenvalue weighted by atomic mass is 9.98. The molecule has 4 aromatic rings. The van der Waals surface area contributed by atoms with Gasteiger partial charge in [0.25, 0.3) is 0 Å². The summed E-state index contributed by atoms with van der Waals surface area (Å²) in [6.45, 7) is 2.13. The minimum absolute atomic E-state index is 0.255. The van der Waals surface area contributed by atoms with Gasteiger partial charge in [-0.05, 0) is 41.0 Å². The first-order valence-electron chi connectivity index (χ1n) is 7.55. The number of rotatable bonds is 2. The highest BCUT2D eigenvalue weighted by atomic mass is 16.4. The maximum atomic E-state index is 12.2. The van der Waals surface area contributed by atoms with E-state index in [2.05, 4.69) is 29.0 Å². The van der Waals surface area contributed by atoms with Crippen LogP contribution in [0.25, 0.3) is 33.3 Å². The van der Waals surface area contributed by atoms with Gasteiger partial charge in [-0.1, -0.05) is 37.3 Å². The molecule has 0 saturated heterocycles. The topological polar surface area (TPSA) is 56.0 Å². The van der Waals surface area contributed by atoms with E-state index in [9.17, 15) is 4.79 Å². The molecule has 0 N–H and O–H groups in total. The molecular formula is C19H14N2O2. The van der Waals surface area contributed by atoms with E-state index in [-0.39, 0.29) is 5.52 Å². The lowest BCUT2D eigenvalue weighted by Crippen LogP contribution is -2.04. The van der Waals surface area contributed by atoms with Crippen LogP contribution in [0.3, 0.4) is 0 Å². The standard InChI is InChI=1S/C19H14N2O2/c1-2-12-9-10-15(14-7-4-3-6-13(12)14)18-21-16-8-5-11-20-17(16)19(22)23-18/h3-11H,2H2,1H3. The number of hydrogen-bond donors (Lipinski definition) is 0. The van der Waals surface area contributed by atoms with Crippen LogP contribution in [0.5, 0.6) is 0 Å². The van der Waals surface area contributed by atoms with E-state index < -0.39 is 5.63 Å². The Bertz CT molecular complexity index is 1080. The zero-order chi connectivity index (χ0) is 15.8. The zero-order valence-corrected chi connectivity index (χ0v) is 12.6. The van der Waals surface area contributed by atoms with Gasteiger partial charge in [0.1, 0.15) is 5.52 Å². The third-order valence-electron chi connectivity index (χ3n) is 4.02. The number of aryl methyl sites for hydroxylation is 1. The van der Waals surface area contributed by atoms with Gasteiger partial charge in [-0.3, -0.25) is 0 Å². The van der Waals surface area contributed by atoms with E-state index in [0.717, 1.165) is 22.8 Å². The van der Waals surface area contributed by atoms with Crippen LogP contribution in [0.1, 0.15) is 12.5 Å². The Morgan fingerprint density at radius 3 is 2.65 bits per heavy atom. The first-order chi connectivity index (χ1) is 11.3. The van der Waals surface area contributed by atoms with Crippen molar-refractivity contribution in [1.82, 2.24) is 9.97 Å². The number of pyridine rings is 1. The molecule has 4 rings (SSSR count). The molecule has 0 aliphatic heterocycles. The van der Waals surface area contributed by atoms with Crippen molar-refractivity contribution in [1.29, 1.82) is 0 Å². The van der Waals surface area contributed by atoms with Gasteiger partial charge in [-0.25, -0.2) is 14.8 Å². The number of fused-ring (bicyclic) bond motifs is 2. The minimum Gasteiger partial charge on any atom is -0.402 e. The molecule has 2 heterocycles. The van der Waals surface area contributed by atoms with Crippen molar-refractivity contribution in [2.75, 3.05) is 0 Å². The van der Waals surface area contributed by atoms with Crippen molar-refractivity contribution in [3.63, 3.8) is 0 Å².